The van der Waals surface area contributed by atoms with Gasteiger partial charge in [-0.1, -0.05) is 12.1 Å². The minimum Gasteiger partial charge on any atom is -0.382 e. The lowest BCUT2D eigenvalue weighted by Crippen LogP contribution is -2.40. The first kappa shape index (κ1) is 15.9. The summed E-state index contributed by atoms with van der Waals surface area (Å²) in [4.78, 5) is 21.7. The number of hydrogen-bond donors (Lipinski definition) is 2. The zero-order valence-electron chi connectivity index (χ0n) is 10.3. The van der Waals surface area contributed by atoms with Crippen molar-refractivity contribution in [1.82, 2.24) is 5.32 Å². The number of para-hydroxylation sites is 1. The Labute approximate surface area is 111 Å². The van der Waals surface area contributed by atoms with E-state index in [-0.39, 0.29) is 11.1 Å². The van der Waals surface area contributed by atoms with Crippen molar-refractivity contribution in [2.24, 2.45) is 0 Å². The maximum absolute atomic E-state index is 12.1. The topological polar surface area (TPSA) is 92.5 Å². The summed E-state index contributed by atoms with van der Waals surface area (Å²) in [6, 6.07) is 3.90. The van der Waals surface area contributed by atoms with E-state index < -0.39 is 35.3 Å². The number of aliphatic hydroxyl groups excluding tert-OH is 1. The highest BCUT2D eigenvalue weighted by atomic mass is 19.4. The molecule has 0 aliphatic carbocycles. The molecular weight excluding hydrogens is 281 g/mol. The number of carbonyl (C=O) groups is 1. The number of nitro groups is 1. The number of nitrogens with zero attached hydrogens (tertiary/aromatic N) is 1. The van der Waals surface area contributed by atoms with Gasteiger partial charge in [0, 0.05) is 5.56 Å². The van der Waals surface area contributed by atoms with Crippen molar-refractivity contribution in [3.8, 4) is 0 Å². The van der Waals surface area contributed by atoms with E-state index in [0.29, 0.717) is 0 Å². The SMILES string of the molecule is Cc1cccc(C(=O)NCC(O)C(F)(F)F)c1[N+](=O)[O-]. The molecule has 0 saturated carbocycles. The van der Waals surface area contributed by atoms with Crippen LogP contribution in [0.5, 0.6) is 0 Å². The average molecular weight is 292 g/mol. The third-order valence-corrected chi connectivity index (χ3v) is 2.50. The molecule has 0 saturated heterocycles. The van der Waals surface area contributed by atoms with Gasteiger partial charge in [0.05, 0.1) is 11.5 Å². The molecule has 0 aliphatic rings. The number of halogens is 3. The fourth-order valence-electron chi connectivity index (χ4n) is 1.48. The van der Waals surface area contributed by atoms with Gasteiger partial charge in [-0.3, -0.25) is 14.9 Å². The van der Waals surface area contributed by atoms with Crippen LogP contribution in [0.4, 0.5) is 18.9 Å². The molecule has 2 N–H and O–H groups in total. The van der Waals surface area contributed by atoms with Gasteiger partial charge in [0.15, 0.2) is 6.10 Å². The molecule has 0 bridgehead atoms. The molecule has 1 aromatic carbocycles. The zero-order valence-corrected chi connectivity index (χ0v) is 10.3. The van der Waals surface area contributed by atoms with E-state index in [4.69, 9.17) is 5.11 Å². The Hall–Kier alpha value is -2.16. The van der Waals surface area contributed by atoms with E-state index in [1.807, 2.05) is 5.32 Å². The number of carbonyl (C=O) groups excluding carboxylic acids is 1. The summed E-state index contributed by atoms with van der Waals surface area (Å²) in [6.07, 6.45) is -7.60. The molecule has 110 valence electrons. The molecule has 0 radical (unpaired) electrons. The molecule has 1 aromatic rings. The summed E-state index contributed by atoms with van der Waals surface area (Å²) in [7, 11) is 0. The Kier molecular flexibility index (Phi) is 4.66. The van der Waals surface area contributed by atoms with Crippen LogP contribution >= 0.6 is 0 Å². The monoisotopic (exact) mass is 292 g/mol. The Bertz CT molecular complexity index is 531. The van der Waals surface area contributed by atoms with Crippen LogP contribution in [0.25, 0.3) is 0 Å². The summed E-state index contributed by atoms with van der Waals surface area (Å²) in [6.45, 7) is 0.326. The van der Waals surface area contributed by atoms with Gasteiger partial charge in [-0.2, -0.15) is 13.2 Å². The number of amides is 1. The number of hydrogen-bond acceptors (Lipinski definition) is 4. The van der Waals surface area contributed by atoms with E-state index >= 15 is 0 Å². The molecule has 9 heteroatoms. The quantitative estimate of drug-likeness (QED) is 0.650. The van der Waals surface area contributed by atoms with Gasteiger partial charge in [0.1, 0.15) is 5.56 Å². The third kappa shape index (κ3) is 3.67. The molecule has 0 aliphatic heterocycles. The number of alkyl halides is 3. The Morgan fingerprint density at radius 2 is 2.10 bits per heavy atom. The molecule has 1 amide bonds. The Morgan fingerprint density at radius 3 is 2.60 bits per heavy atom. The van der Waals surface area contributed by atoms with Gasteiger partial charge >= 0.3 is 6.18 Å². The molecule has 20 heavy (non-hydrogen) atoms. The number of benzene rings is 1. The molecular formula is C11H11F3N2O4. The normalized spacial score (nSPS) is 12.8. The van der Waals surface area contributed by atoms with Crippen molar-refractivity contribution in [1.29, 1.82) is 0 Å². The first-order chi connectivity index (χ1) is 9.14. The number of nitro benzene ring substituents is 1. The minimum atomic E-state index is -4.87. The molecule has 0 fully saturated rings. The van der Waals surface area contributed by atoms with Crippen LogP contribution in [-0.4, -0.2) is 34.8 Å². The standard InChI is InChI=1S/C11H11F3N2O4/c1-6-3-2-4-7(9(6)16(19)20)10(18)15-5-8(17)11(12,13)14/h2-4,8,17H,5H2,1H3,(H,15,18). The average Bonchev–Trinajstić information content (AvgIpc) is 2.33. The van der Waals surface area contributed by atoms with Crippen LogP contribution in [0.1, 0.15) is 15.9 Å². The van der Waals surface area contributed by atoms with Gasteiger partial charge in [-0.05, 0) is 13.0 Å². The third-order valence-electron chi connectivity index (χ3n) is 2.50. The van der Waals surface area contributed by atoms with Gasteiger partial charge in [0.25, 0.3) is 11.6 Å². The van der Waals surface area contributed by atoms with E-state index in [0.717, 1.165) is 6.07 Å². The summed E-state index contributed by atoms with van der Waals surface area (Å²) in [5, 5.41) is 21.4. The highest BCUT2D eigenvalue weighted by molar-refractivity contribution is 5.98. The van der Waals surface area contributed by atoms with E-state index in [1.54, 1.807) is 0 Å². The van der Waals surface area contributed by atoms with Crippen molar-refractivity contribution >= 4 is 11.6 Å². The van der Waals surface area contributed by atoms with Crippen molar-refractivity contribution < 1.29 is 28.0 Å². The van der Waals surface area contributed by atoms with Crippen molar-refractivity contribution in [3.05, 3.63) is 39.4 Å². The molecule has 1 unspecified atom stereocenters. The Morgan fingerprint density at radius 1 is 1.50 bits per heavy atom. The second-order valence-electron chi connectivity index (χ2n) is 4.00. The largest absolute Gasteiger partial charge is 0.416 e. The molecule has 0 spiro atoms. The zero-order chi connectivity index (χ0) is 15.5. The molecule has 0 aromatic heterocycles. The Balaban J connectivity index is 2.89. The molecule has 1 atom stereocenters. The number of aryl methyl sites for hydroxylation is 1. The fraction of sp³-hybridized carbons (Fsp3) is 0.364. The van der Waals surface area contributed by atoms with E-state index in [1.165, 1.54) is 19.1 Å². The van der Waals surface area contributed by atoms with E-state index in [9.17, 15) is 28.1 Å². The smallest absolute Gasteiger partial charge is 0.382 e. The summed E-state index contributed by atoms with van der Waals surface area (Å²) in [5.41, 5.74) is -0.630. The van der Waals surface area contributed by atoms with Crippen LogP contribution in [0.3, 0.4) is 0 Å². The molecule has 1 rings (SSSR count). The van der Waals surface area contributed by atoms with Gasteiger partial charge in [-0.15, -0.1) is 0 Å². The first-order valence-corrected chi connectivity index (χ1v) is 5.41. The van der Waals surface area contributed by atoms with Crippen molar-refractivity contribution in [2.75, 3.05) is 6.54 Å². The lowest BCUT2D eigenvalue weighted by atomic mass is 10.1. The van der Waals surface area contributed by atoms with Crippen molar-refractivity contribution in [2.45, 2.75) is 19.2 Å². The second-order valence-corrected chi connectivity index (χ2v) is 4.00. The van der Waals surface area contributed by atoms with Crippen LogP contribution in [0.2, 0.25) is 0 Å². The molecule has 0 heterocycles. The van der Waals surface area contributed by atoms with Crippen LogP contribution < -0.4 is 5.32 Å². The predicted molar refractivity (Wildman–Crippen MR) is 62.2 cm³/mol. The summed E-state index contributed by atoms with van der Waals surface area (Å²) >= 11 is 0. The number of aliphatic hydroxyl groups is 1. The molecule has 6 nitrogen and oxygen atoms in total. The number of rotatable bonds is 4. The fourth-order valence-corrected chi connectivity index (χ4v) is 1.48. The second kappa shape index (κ2) is 5.87. The highest BCUT2D eigenvalue weighted by Crippen LogP contribution is 2.23. The van der Waals surface area contributed by atoms with Gasteiger partial charge in [0.2, 0.25) is 0 Å². The lowest BCUT2D eigenvalue weighted by molar-refractivity contribution is -0.385. The van der Waals surface area contributed by atoms with Crippen LogP contribution in [0, 0.1) is 17.0 Å². The van der Waals surface area contributed by atoms with Gasteiger partial charge < -0.3 is 10.4 Å². The minimum absolute atomic E-state index is 0.207. The highest BCUT2D eigenvalue weighted by Gasteiger charge is 2.38. The van der Waals surface area contributed by atoms with Crippen LogP contribution in [0.15, 0.2) is 18.2 Å². The maximum Gasteiger partial charge on any atom is 0.416 e. The summed E-state index contributed by atoms with van der Waals surface area (Å²) < 4.78 is 36.2. The predicted octanol–water partition coefficient (Wildman–Crippen LogP) is 1.56. The van der Waals surface area contributed by atoms with Crippen molar-refractivity contribution in [3.63, 3.8) is 0 Å². The lowest BCUT2D eigenvalue weighted by Gasteiger charge is -2.15. The summed E-state index contributed by atoms with van der Waals surface area (Å²) in [5.74, 6) is -1.05. The van der Waals surface area contributed by atoms with Crippen LogP contribution in [-0.2, 0) is 0 Å². The first-order valence-electron chi connectivity index (χ1n) is 5.41. The van der Waals surface area contributed by atoms with Gasteiger partial charge in [-0.25, -0.2) is 0 Å². The maximum atomic E-state index is 12.1. The number of nitrogens with one attached hydrogen (secondary N) is 1. The van der Waals surface area contributed by atoms with E-state index in [2.05, 4.69) is 0 Å².